The van der Waals surface area contributed by atoms with Gasteiger partial charge in [-0.05, 0) is 24.5 Å². The van der Waals surface area contributed by atoms with Crippen molar-refractivity contribution in [1.82, 2.24) is 0 Å². The van der Waals surface area contributed by atoms with Gasteiger partial charge in [0.1, 0.15) is 12.0 Å². The number of unbranched alkanes of at least 4 members (excludes halogenated alkanes) is 6. The van der Waals surface area contributed by atoms with Crippen LogP contribution in [0.15, 0.2) is 18.2 Å². The van der Waals surface area contributed by atoms with Gasteiger partial charge in [-0.3, -0.25) is 0 Å². The van der Waals surface area contributed by atoms with Crippen LogP contribution >= 0.6 is 0 Å². The second-order valence-electron chi connectivity index (χ2n) is 5.21. The molecule has 2 nitrogen and oxygen atoms in total. The molecule has 0 saturated carbocycles. The van der Waals surface area contributed by atoms with E-state index >= 15 is 0 Å². The number of phenolic OH excluding ortho intramolecular Hbond substituents is 1. The highest BCUT2D eigenvalue weighted by Gasteiger charge is 2.02. The fraction of sp³-hybridized carbons (Fsp3) is 0.588. The third-order valence-electron chi connectivity index (χ3n) is 3.52. The van der Waals surface area contributed by atoms with Gasteiger partial charge in [0, 0.05) is 12.0 Å². The smallest absolute Gasteiger partial charge is 0.124 e. The van der Waals surface area contributed by atoms with Crippen LogP contribution in [0.2, 0.25) is 0 Å². The molecule has 2 heteroatoms. The molecule has 1 N–H and O–H groups in total. The van der Waals surface area contributed by atoms with E-state index in [2.05, 4.69) is 6.92 Å². The van der Waals surface area contributed by atoms with Crippen LogP contribution in [0.4, 0.5) is 0 Å². The molecule has 0 aliphatic heterocycles. The molecule has 0 unspecified atom stereocenters. The van der Waals surface area contributed by atoms with Crippen LogP contribution in [0.1, 0.15) is 63.0 Å². The molecule has 0 fully saturated rings. The molecule has 0 atom stereocenters. The first kappa shape index (κ1) is 15.7. The summed E-state index contributed by atoms with van der Waals surface area (Å²) in [6.07, 6.45) is 11.3. The van der Waals surface area contributed by atoms with Crippen LogP contribution in [0.5, 0.6) is 5.75 Å². The molecule has 0 heterocycles. The Morgan fingerprint density at radius 2 is 1.74 bits per heavy atom. The summed E-state index contributed by atoms with van der Waals surface area (Å²) in [6.45, 7) is 2.24. The van der Waals surface area contributed by atoms with E-state index in [0.717, 1.165) is 18.3 Å². The van der Waals surface area contributed by atoms with Crippen LogP contribution in [0.25, 0.3) is 0 Å². The predicted octanol–water partition coefficient (Wildman–Crippen LogP) is 4.43. The summed E-state index contributed by atoms with van der Waals surface area (Å²) in [6, 6.07) is 5.62. The van der Waals surface area contributed by atoms with Gasteiger partial charge in [-0.1, -0.05) is 57.6 Å². The van der Waals surface area contributed by atoms with Gasteiger partial charge >= 0.3 is 0 Å². The summed E-state index contributed by atoms with van der Waals surface area (Å²) < 4.78 is 0. The van der Waals surface area contributed by atoms with Crippen molar-refractivity contribution < 1.29 is 9.90 Å². The number of hydrogen-bond acceptors (Lipinski definition) is 2. The van der Waals surface area contributed by atoms with E-state index in [1.807, 2.05) is 12.1 Å². The molecular formula is C17H26O2. The monoisotopic (exact) mass is 262 g/mol. The zero-order valence-electron chi connectivity index (χ0n) is 12.0. The summed E-state index contributed by atoms with van der Waals surface area (Å²) in [4.78, 5) is 10.5. The van der Waals surface area contributed by atoms with Gasteiger partial charge in [-0.25, -0.2) is 0 Å². The van der Waals surface area contributed by atoms with E-state index in [1.54, 1.807) is 6.07 Å². The Labute approximate surface area is 116 Å². The fourth-order valence-electron chi connectivity index (χ4n) is 2.33. The van der Waals surface area contributed by atoms with Crippen LogP contribution < -0.4 is 0 Å². The van der Waals surface area contributed by atoms with Gasteiger partial charge in [0.2, 0.25) is 0 Å². The Hall–Kier alpha value is -1.31. The number of carbonyl (C=O) groups excluding carboxylic acids is 1. The molecule has 0 spiro atoms. The number of carbonyl (C=O) groups is 1. The van der Waals surface area contributed by atoms with E-state index in [4.69, 9.17) is 0 Å². The maximum atomic E-state index is 10.5. The molecule has 0 aromatic heterocycles. The molecule has 0 radical (unpaired) electrons. The van der Waals surface area contributed by atoms with Gasteiger partial charge in [-0.2, -0.15) is 0 Å². The van der Waals surface area contributed by atoms with Crippen molar-refractivity contribution in [2.24, 2.45) is 0 Å². The lowest BCUT2D eigenvalue weighted by molar-refractivity contribution is -0.107. The molecule has 1 rings (SSSR count). The number of aryl methyl sites for hydroxylation is 1. The number of rotatable bonds is 10. The first-order valence-corrected chi connectivity index (χ1v) is 7.52. The molecule has 0 aliphatic rings. The first-order chi connectivity index (χ1) is 9.27. The van der Waals surface area contributed by atoms with E-state index in [0.29, 0.717) is 6.42 Å². The molecule has 1 aromatic rings. The largest absolute Gasteiger partial charge is 0.508 e. The Bertz CT molecular complexity index is 372. The number of hydrogen-bond donors (Lipinski definition) is 1. The third kappa shape index (κ3) is 6.42. The zero-order chi connectivity index (χ0) is 13.9. The molecule has 0 bridgehead atoms. The lowest BCUT2D eigenvalue weighted by atomic mass is 10.0. The fourth-order valence-corrected chi connectivity index (χ4v) is 2.33. The van der Waals surface area contributed by atoms with Crippen molar-refractivity contribution in [1.29, 1.82) is 0 Å². The van der Waals surface area contributed by atoms with Crippen LogP contribution in [-0.4, -0.2) is 11.4 Å². The molecule has 0 aliphatic carbocycles. The number of phenols is 1. The van der Waals surface area contributed by atoms with Crippen molar-refractivity contribution in [2.75, 3.05) is 0 Å². The lowest BCUT2D eigenvalue weighted by Crippen LogP contribution is -1.92. The maximum Gasteiger partial charge on any atom is 0.124 e. The summed E-state index contributed by atoms with van der Waals surface area (Å²) in [5, 5.41) is 9.60. The van der Waals surface area contributed by atoms with Crippen LogP contribution in [0.3, 0.4) is 0 Å². The van der Waals surface area contributed by atoms with E-state index in [-0.39, 0.29) is 5.75 Å². The summed E-state index contributed by atoms with van der Waals surface area (Å²) >= 11 is 0. The van der Waals surface area contributed by atoms with Gasteiger partial charge in [0.15, 0.2) is 0 Å². The molecular weight excluding hydrogens is 236 g/mol. The highest BCUT2D eigenvalue weighted by Crippen LogP contribution is 2.20. The van der Waals surface area contributed by atoms with Gasteiger partial charge < -0.3 is 9.90 Å². The minimum Gasteiger partial charge on any atom is -0.508 e. The Morgan fingerprint density at radius 1 is 1.05 bits per heavy atom. The average Bonchev–Trinajstić information content (AvgIpc) is 2.41. The highest BCUT2D eigenvalue weighted by molar-refractivity contribution is 5.57. The van der Waals surface area contributed by atoms with Crippen molar-refractivity contribution in [2.45, 2.75) is 64.7 Å². The summed E-state index contributed by atoms with van der Waals surface area (Å²) in [5.41, 5.74) is 1.97. The molecule has 0 saturated heterocycles. The van der Waals surface area contributed by atoms with Crippen LogP contribution in [0, 0.1) is 0 Å². The second-order valence-corrected chi connectivity index (χ2v) is 5.21. The number of aldehydes is 1. The quantitative estimate of drug-likeness (QED) is 0.500. The predicted molar refractivity (Wildman–Crippen MR) is 79.6 cm³/mol. The minimum atomic E-state index is 0.232. The van der Waals surface area contributed by atoms with Gasteiger partial charge in [0.25, 0.3) is 0 Å². The average molecular weight is 262 g/mol. The van der Waals surface area contributed by atoms with Gasteiger partial charge in [0.05, 0.1) is 0 Å². The van der Waals surface area contributed by atoms with Crippen LogP contribution in [-0.2, 0) is 17.6 Å². The maximum absolute atomic E-state index is 10.5. The summed E-state index contributed by atoms with van der Waals surface area (Å²) in [7, 11) is 0. The van der Waals surface area contributed by atoms with E-state index in [1.165, 1.54) is 50.5 Å². The normalized spacial score (nSPS) is 10.6. The Morgan fingerprint density at radius 3 is 2.42 bits per heavy atom. The van der Waals surface area contributed by atoms with Crippen molar-refractivity contribution in [3.05, 3.63) is 29.3 Å². The minimum absolute atomic E-state index is 0.232. The van der Waals surface area contributed by atoms with Crippen molar-refractivity contribution in [3.63, 3.8) is 0 Å². The zero-order valence-corrected chi connectivity index (χ0v) is 12.0. The molecule has 106 valence electrons. The SMILES string of the molecule is CCCCCCCCCc1ccc(O)c(CC=O)c1. The van der Waals surface area contributed by atoms with E-state index < -0.39 is 0 Å². The molecule has 1 aromatic carbocycles. The standard InChI is InChI=1S/C17H26O2/c1-2-3-4-5-6-7-8-9-15-10-11-17(19)16(14-15)12-13-18/h10-11,13-14,19H,2-9,12H2,1H3. The van der Waals surface area contributed by atoms with Crippen molar-refractivity contribution >= 4 is 6.29 Å². The highest BCUT2D eigenvalue weighted by atomic mass is 16.3. The Balaban J connectivity index is 2.25. The number of benzene rings is 1. The van der Waals surface area contributed by atoms with Gasteiger partial charge in [-0.15, -0.1) is 0 Å². The molecule has 0 amide bonds. The number of aromatic hydroxyl groups is 1. The Kier molecular flexibility index (Phi) is 7.95. The first-order valence-electron chi connectivity index (χ1n) is 7.52. The van der Waals surface area contributed by atoms with Crippen molar-refractivity contribution in [3.8, 4) is 5.75 Å². The topological polar surface area (TPSA) is 37.3 Å². The molecule has 19 heavy (non-hydrogen) atoms. The lowest BCUT2D eigenvalue weighted by Gasteiger charge is -2.06. The third-order valence-corrected chi connectivity index (χ3v) is 3.52. The summed E-state index contributed by atoms with van der Waals surface area (Å²) in [5.74, 6) is 0.232. The van der Waals surface area contributed by atoms with E-state index in [9.17, 15) is 9.90 Å². The second kappa shape index (κ2) is 9.60.